The van der Waals surface area contributed by atoms with E-state index in [2.05, 4.69) is 76.7 Å². The number of alkyl halides is 1. The molecule has 4 N–H and O–H groups in total. The molecule has 0 saturated carbocycles. The number of ether oxygens (including phenoxy) is 1. The fraction of sp³-hybridized carbons (Fsp3) is 0.625. The minimum absolute atomic E-state index is 0.0997. The second-order valence-corrected chi connectivity index (χ2v) is 14.9. The van der Waals surface area contributed by atoms with Crippen molar-refractivity contribution in [3.05, 3.63) is 47.0 Å². The number of benzene rings is 1. The predicted octanol–water partition coefficient (Wildman–Crippen LogP) is 1.31. The molecule has 0 spiro atoms. The molecule has 0 aliphatic carbocycles. The number of aryl methyl sites for hydroxylation is 1. The Morgan fingerprint density at radius 1 is 1.41 bits per heavy atom. The molecule has 2 unspecified atom stereocenters. The van der Waals surface area contributed by atoms with Crippen LogP contribution >= 0.6 is 18.6 Å². The number of amides is 1. The molecule has 1 aromatic rings. The molecular formula is C24H39I2NO2+2. The number of rotatable bonds is 9. The first-order chi connectivity index (χ1) is 13.7. The number of quaternary nitrogens is 1. The number of allylic oxidation sites excluding steroid dienone is 1. The summed E-state index contributed by atoms with van der Waals surface area (Å²) in [5, 5.41) is 2.05. The van der Waals surface area contributed by atoms with E-state index in [1.54, 1.807) is 0 Å². The average Bonchev–Trinajstić information content (AvgIpc) is 2.70. The van der Waals surface area contributed by atoms with E-state index in [1.807, 2.05) is 12.2 Å². The molecule has 1 saturated heterocycles. The van der Waals surface area contributed by atoms with Crippen LogP contribution in [0.2, 0.25) is 0 Å². The third kappa shape index (κ3) is 8.57. The first kappa shape index (κ1) is 25.3. The van der Waals surface area contributed by atoms with Gasteiger partial charge in [0.15, 0.2) is 0 Å². The second kappa shape index (κ2) is 11.6. The van der Waals surface area contributed by atoms with Gasteiger partial charge in [0.1, 0.15) is 0 Å². The molecule has 1 aliphatic heterocycles. The summed E-state index contributed by atoms with van der Waals surface area (Å²) in [7, 11) is 0. The number of carbonyl (C=O) groups excluding carboxylic acids is 1. The minimum Gasteiger partial charge on any atom is -0.0558 e. The van der Waals surface area contributed by atoms with Crippen LogP contribution in [0.4, 0.5) is 0 Å². The fourth-order valence-corrected chi connectivity index (χ4v) is 7.13. The Bertz CT molecular complexity index is 717. The topological polar surface area (TPSA) is 50.8 Å². The molecule has 164 valence electrons. The van der Waals surface area contributed by atoms with Crippen LogP contribution < -0.4 is 22.5 Å². The van der Waals surface area contributed by atoms with Crippen molar-refractivity contribution < 1.29 is 32.1 Å². The number of nitrogens with two attached hydrogens (primary N) is 1. The van der Waals surface area contributed by atoms with Gasteiger partial charge in [-0.3, -0.25) is 0 Å². The van der Waals surface area contributed by atoms with Crippen LogP contribution in [0.25, 0.3) is 0 Å². The van der Waals surface area contributed by atoms with Gasteiger partial charge in [0.25, 0.3) is 0 Å². The normalized spacial score (nSPS) is 23.4. The van der Waals surface area contributed by atoms with Crippen LogP contribution in [-0.4, -0.2) is 32.2 Å². The van der Waals surface area contributed by atoms with Gasteiger partial charge in [0.2, 0.25) is 0 Å². The van der Waals surface area contributed by atoms with Gasteiger partial charge < -0.3 is 0 Å². The molecule has 1 heterocycles. The maximum atomic E-state index is 10.6. The van der Waals surface area contributed by atoms with Crippen molar-refractivity contribution in [1.82, 2.24) is 0 Å². The predicted molar refractivity (Wildman–Crippen MR) is 128 cm³/mol. The number of halogens is 2. The standard InChI is InChI=1S/C24H36I2NO2/c1-6-19-8-7-9-20(14-19)15-23(3,4)12-10-18(2)22(28)27-17-21-11-13-29-24(5,16-21)26-25/h7-10,14,21H,6,11-13,15-17H2,1-5H3,(H,27,28)/q-1/p+3. The molecule has 1 aliphatic rings. The van der Waals surface area contributed by atoms with Crippen molar-refractivity contribution in [1.29, 1.82) is 0 Å². The molecule has 2 atom stereocenters. The second-order valence-electron chi connectivity index (χ2n) is 9.39. The number of hydrogen-bond donors (Lipinski definition) is 1. The maximum absolute atomic E-state index is 10.6. The van der Waals surface area contributed by atoms with Gasteiger partial charge in [-0.05, 0) is 12.0 Å². The minimum atomic E-state index is 0.0997. The molecule has 1 amide bonds. The molecule has 0 bridgehead atoms. The van der Waals surface area contributed by atoms with E-state index in [0.29, 0.717) is 11.8 Å². The van der Waals surface area contributed by atoms with Crippen molar-refractivity contribution in [3.63, 3.8) is 0 Å². The largest absolute Gasteiger partial charge is 0.0558 e. The van der Waals surface area contributed by atoms with Crippen LogP contribution in [0.15, 0.2) is 35.9 Å². The van der Waals surface area contributed by atoms with Gasteiger partial charge in [0, 0.05) is 0 Å². The van der Waals surface area contributed by atoms with Crippen LogP contribution in [0, 0.1) is 11.3 Å². The summed E-state index contributed by atoms with van der Waals surface area (Å²) >= 11 is 2.66. The first-order valence-corrected chi connectivity index (χ1v) is 18.1. The fourth-order valence-electron chi connectivity index (χ4n) is 3.98. The Labute approximate surface area is 197 Å². The van der Waals surface area contributed by atoms with Gasteiger partial charge >= 0.3 is 155 Å². The molecule has 2 rings (SSSR count). The van der Waals surface area contributed by atoms with E-state index in [0.717, 1.165) is 44.4 Å². The third-order valence-corrected chi connectivity index (χ3v) is 13.4. The van der Waals surface area contributed by atoms with Crippen molar-refractivity contribution in [3.8, 4) is 0 Å². The Balaban J connectivity index is 1.85. The van der Waals surface area contributed by atoms with E-state index in [9.17, 15) is 4.79 Å². The van der Waals surface area contributed by atoms with Gasteiger partial charge in [0.05, 0.1) is 0 Å². The Hall–Kier alpha value is 0.01000. The summed E-state index contributed by atoms with van der Waals surface area (Å²) in [4.78, 5) is 10.6. The van der Waals surface area contributed by atoms with Gasteiger partial charge in [-0.15, -0.1) is 0 Å². The Kier molecular flexibility index (Phi) is 10.1. The molecule has 0 aromatic heterocycles. The third-order valence-electron chi connectivity index (χ3n) is 5.89. The van der Waals surface area contributed by atoms with Gasteiger partial charge in [-0.2, -0.15) is 0 Å². The Morgan fingerprint density at radius 2 is 2.14 bits per heavy atom. The summed E-state index contributed by atoms with van der Waals surface area (Å²) in [5.41, 5.74) is 3.99. The molecule has 5 heteroatoms. The molecule has 0 radical (unpaired) electrons. The number of hydrogen-bond acceptors (Lipinski definition) is 0. The van der Waals surface area contributed by atoms with Crippen molar-refractivity contribution >= 4 is 24.5 Å². The molecule has 1 aromatic carbocycles. The quantitative estimate of drug-likeness (QED) is 0.186. The number of aliphatic hydroxyl groups is 2. The molecule has 29 heavy (non-hydrogen) atoms. The van der Waals surface area contributed by atoms with E-state index in [-0.39, 0.29) is 26.3 Å². The molecule has 3 nitrogen and oxygen atoms in total. The Morgan fingerprint density at radius 3 is 2.83 bits per heavy atom. The average molecular weight is 627 g/mol. The van der Waals surface area contributed by atoms with Crippen molar-refractivity contribution in [2.75, 3.05) is 13.2 Å². The molecule has 1 fully saturated rings. The summed E-state index contributed by atoms with van der Waals surface area (Å²) in [5.74, 6) is 1.12. The molecular weight excluding hydrogens is 588 g/mol. The van der Waals surface area contributed by atoms with Crippen molar-refractivity contribution in [2.24, 2.45) is 11.3 Å². The van der Waals surface area contributed by atoms with E-state index < -0.39 is 0 Å². The van der Waals surface area contributed by atoms with E-state index in [4.69, 9.17) is 4.74 Å². The van der Waals surface area contributed by atoms with E-state index >= 15 is 0 Å². The van der Waals surface area contributed by atoms with Crippen molar-refractivity contribution in [2.45, 2.75) is 70.3 Å². The first-order valence-electron chi connectivity index (χ1n) is 10.8. The zero-order valence-corrected chi connectivity index (χ0v) is 23.0. The van der Waals surface area contributed by atoms with Crippen LogP contribution in [0.1, 0.15) is 65.0 Å². The summed E-state index contributed by atoms with van der Waals surface area (Å²) in [6, 6.07) is 8.94. The van der Waals surface area contributed by atoms with Gasteiger partial charge in [-0.1, -0.05) is 31.2 Å². The summed E-state index contributed by atoms with van der Waals surface area (Å²) in [6.45, 7) is 13.1. The zero-order valence-electron chi connectivity index (χ0n) is 18.6. The monoisotopic (exact) mass is 627 g/mol. The van der Waals surface area contributed by atoms with Crippen LogP contribution in [0.3, 0.4) is 0 Å². The zero-order chi connectivity index (χ0) is 21.5. The van der Waals surface area contributed by atoms with E-state index in [1.165, 1.54) is 17.5 Å². The smallest absolute Gasteiger partial charge is 0.0558 e. The van der Waals surface area contributed by atoms with Gasteiger partial charge in [-0.25, -0.2) is 0 Å². The van der Waals surface area contributed by atoms with Crippen LogP contribution in [-0.2, 0) is 12.8 Å². The summed E-state index contributed by atoms with van der Waals surface area (Å²) < 4.78 is 5.07. The van der Waals surface area contributed by atoms with Crippen LogP contribution in [0.5, 0.6) is 0 Å². The number of primary amides is 1. The SMILES string of the molecule is CCc1cccc(CC(C)(C)CC=C(C)C(=[OH+])[NH2+]CC2CC[OH+]C(C)([I-]I)C2)c1. The summed E-state index contributed by atoms with van der Waals surface area (Å²) in [6.07, 6.45) is 7.66. The maximum Gasteiger partial charge on any atom is -0.0558 e.